The van der Waals surface area contributed by atoms with Gasteiger partial charge < -0.3 is 19.2 Å². The Balaban J connectivity index is 1.93. The molecule has 0 bridgehead atoms. The third-order valence-electron chi connectivity index (χ3n) is 5.11. The third-order valence-corrected chi connectivity index (χ3v) is 5.60. The van der Waals surface area contributed by atoms with Gasteiger partial charge in [0, 0.05) is 46.9 Å². The van der Waals surface area contributed by atoms with Crippen molar-refractivity contribution in [3.05, 3.63) is 64.3 Å². The van der Waals surface area contributed by atoms with Crippen molar-refractivity contribution in [2.45, 2.75) is 25.6 Å². The van der Waals surface area contributed by atoms with Crippen LogP contribution >= 0.6 is 15.9 Å². The van der Waals surface area contributed by atoms with Crippen LogP contribution in [0.3, 0.4) is 0 Å². The van der Waals surface area contributed by atoms with Gasteiger partial charge in [-0.1, -0.05) is 40.0 Å². The van der Waals surface area contributed by atoms with E-state index in [2.05, 4.69) is 26.8 Å². The molecular weight excluding hydrogens is 462 g/mol. The van der Waals surface area contributed by atoms with Crippen molar-refractivity contribution >= 4 is 38.8 Å². The van der Waals surface area contributed by atoms with Crippen LogP contribution < -0.4 is 4.74 Å². The Morgan fingerprint density at radius 1 is 1.16 bits per heavy atom. The van der Waals surface area contributed by atoms with Crippen molar-refractivity contribution in [2.24, 2.45) is 5.92 Å². The van der Waals surface area contributed by atoms with Crippen molar-refractivity contribution in [2.75, 3.05) is 6.61 Å². The number of benzene rings is 2. The summed E-state index contributed by atoms with van der Waals surface area (Å²) in [5.74, 6) is -1.65. The average molecular weight is 482 g/mol. The normalized spacial score (nSPS) is 17.0. The second-order valence-corrected chi connectivity index (χ2v) is 8.58. The highest BCUT2D eigenvalue weighted by Crippen LogP contribution is 2.44. The number of carbonyl (C=O) groups excluding carboxylic acids is 2. The van der Waals surface area contributed by atoms with Gasteiger partial charge in [-0.3, -0.25) is 9.59 Å². The van der Waals surface area contributed by atoms with Gasteiger partial charge in [0.2, 0.25) is 0 Å². The van der Waals surface area contributed by atoms with Gasteiger partial charge in [-0.2, -0.15) is 0 Å². The summed E-state index contributed by atoms with van der Waals surface area (Å²) in [5, 5.41) is 0.876. The Morgan fingerprint density at radius 3 is 2.58 bits per heavy atom. The molecular formula is C24H20BrNO5. The van der Waals surface area contributed by atoms with Gasteiger partial charge in [0.15, 0.2) is 5.92 Å². The topological polar surface area (TPSA) is 77.6 Å². The Bertz CT molecular complexity index is 1190. The summed E-state index contributed by atoms with van der Waals surface area (Å²) < 4.78 is 17.4. The molecule has 3 aromatic rings. The van der Waals surface area contributed by atoms with Crippen molar-refractivity contribution in [3.8, 4) is 18.1 Å². The van der Waals surface area contributed by atoms with E-state index in [9.17, 15) is 9.59 Å². The minimum Gasteiger partial charge on any atom is -0.481 e. The number of aromatic amines is 1. The Hall–Kier alpha value is -3.24. The number of carbonyl (C=O) groups is 2. The van der Waals surface area contributed by atoms with Crippen LogP contribution in [0.1, 0.15) is 30.9 Å². The van der Waals surface area contributed by atoms with Gasteiger partial charge in [0.05, 0.1) is 0 Å². The number of H-pyrrole nitrogens is 1. The number of nitrogens with one attached hydrogen (secondary N) is 1. The van der Waals surface area contributed by atoms with E-state index in [1.54, 1.807) is 12.3 Å². The quantitative estimate of drug-likeness (QED) is 0.329. The number of cyclic esters (lactones) is 2. The summed E-state index contributed by atoms with van der Waals surface area (Å²) in [6, 6.07) is 13.0. The van der Waals surface area contributed by atoms with Crippen LogP contribution in [0.2, 0.25) is 0 Å². The van der Waals surface area contributed by atoms with Gasteiger partial charge in [0.1, 0.15) is 12.4 Å². The Kier molecular flexibility index (Phi) is 5.50. The highest BCUT2D eigenvalue weighted by Gasteiger charge is 2.49. The lowest BCUT2D eigenvalue weighted by atomic mass is 9.79. The third kappa shape index (κ3) is 4.04. The summed E-state index contributed by atoms with van der Waals surface area (Å²) >= 11 is 3.48. The molecule has 1 saturated heterocycles. The number of hydrogen-bond acceptors (Lipinski definition) is 5. The summed E-state index contributed by atoms with van der Waals surface area (Å²) in [7, 11) is 0. The number of fused-ring (bicyclic) bond motifs is 1. The summed E-state index contributed by atoms with van der Waals surface area (Å²) in [4.78, 5) is 29.3. The lowest BCUT2D eigenvalue weighted by Crippen LogP contribution is -2.48. The van der Waals surface area contributed by atoms with E-state index in [0.29, 0.717) is 11.3 Å². The van der Waals surface area contributed by atoms with E-state index < -0.39 is 29.6 Å². The highest BCUT2D eigenvalue weighted by molar-refractivity contribution is 9.10. The molecule has 31 heavy (non-hydrogen) atoms. The SMILES string of the molecule is C#CCOc1ccc(Br)cc1[C@H](c1c[nH]c2ccccc12)C1C(=O)OC(C)(C)OC1=O. The fraction of sp³-hybridized carbons (Fsp3) is 0.250. The van der Waals surface area contributed by atoms with E-state index in [-0.39, 0.29) is 6.61 Å². The standard InChI is InChI=1S/C24H20BrNO5/c1-4-11-29-19-10-9-14(25)12-16(19)20(17-13-26-18-8-6-5-7-15(17)18)21-22(27)30-24(2,3)31-23(21)28/h1,5-10,12-13,20-21,26H,11H2,2-3H3/t20-/m1/s1. The maximum absolute atomic E-state index is 13.1. The zero-order valence-electron chi connectivity index (χ0n) is 17.0. The molecule has 1 aliphatic heterocycles. The van der Waals surface area contributed by atoms with E-state index >= 15 is 0 Å². The van der Waals surface area contributed by atoms with Gasteiger partial charge >= 0.3 is 11.9 Å². The molecule has 2 heterocycles. The first kappa shape index (κ1) is 21.0. The molecule has 1 fully saturated rings. The molecule has 0 saturated carbocycles. The lowest BCUT2D eigenvalue weighted by Gasteiger charge is -2.36. The van der Waals surface area contributed by atoms with Crippen LogP contribution in [0.4, 0.5) is 0 Å². The molecule has 1 N–H and O–H groups in total. The van der Waals surface area contributed by atoms with Crippen LogP contribution in [0.5, 0.6) is 5.75 Å². The van der Waals surface area contributed by atoms with Crippen LogP contribution in [0.25, 0.3) is 10.9 Å². The molecule has 1 atom stereocenters. The molecule has 2 aromatic carbocycles. The maximum atomic E-state index is 13.1. The van der Waals surface area contributed by atoms with E-state index in [4.69, 9.17) is 20.6 Å². The van der Waals surface area contributed by atoms with E-state index in [1.165, 1.54) is 13.8 Å². The number of hydrogen-bond donors (Lipinski definition) is 1. The molecule has 4 rings (SSSR count). The first-order valence-corrected chi connectivity index (χ1v) is 10.5. The first-order valence-electron chi connectivity index (χ1n) is 9.68. The van der Waals surface area contributed by atoms with Gasteiger partial charge in [-0.25, -0.2) is 0 Å². The molecule has 0 aliphatic carbocycles. The number of terminal acetylenes is 1. The number of rotatable bonds is 5. The zero-order valence-corrected chi connectivity index (χ0v) is 18.6. The maximum Gasteiger partial charge on any atom is 0.324 e. The fourth-order valence-corrected chi connectivity index (χ4v) is 4.27. The average Bonchev–Trinajstić information content (AvgIpc) is 3.13. The predicted molar refractivity (Wildman–Crippen MR) is 118 cm³/mol. The Morgan fingerprint density at radius 2 is 1.87 bits per heavy atom. The van der Waals surface area contributed by atoms with Crippen molar-refractivity contribution in [1.29, 1.82) is 0 Å². The second-order valence-electron chi connectivity index (χ2n) is 7.66. The highest BCUT2D eigenvalue weighted by atomic mass is 79.9. The number of esters is 2. The first-order chi connectivity index (χ1) is 14.8. The fourth-order valence-electron chi connectivity index (χ4n) is 3.89. The monoisotopic (exact) mass is 481 g/mol. The Labute approximate surface area is 188 Å². The predicted octanol–water partition coefficient (Wildman–Crippen LogP) is 4.53. The number of para-hydroxylation sites is 1. The van der Waals surface area contributed by atoms with Crippen LogP contribution in [0.15, 0.2) is 53.1 Å². The number of halogens is 1. The van der Waals surface area contributed by atoms with E-state index in [0.717, 1.165) is 20.9 Å². The molecule has 0 radical (unpaired) electrons. The van der Waals surface area contributed by atoms with Crippen LogP contribution in [0, 0.1) is 18.3 Å². The molecule has 6 nitrogen and oxygen atoms in total. The minimum absolute atomic E-state index is 0.0435. The zero-order chi connectivity index (χ0) is 22.2. The van der Waals surface area contributed by atoms with Gasteiger partial charge in [-0.15, -0.1) is 6.42 Å². The molecule has 1 aliphatic rings. The summed E-state index contributed by atoms with van der Waals surface area (Å²) in [5.41, 5.74) is 2.24. The van der Waals surface area contributed by atoms with Gasteiger partial charge in [0.25, 0.3) is 5.79 Å². The molecule has 0 unspecified atom stereocenters. The van der Waals surface area contributed by atoms with Crippen molar-refractivity contribution in [1.82, 2.24) is 4.98 Å². The molecule has 7 heteroatoms. The lowest BCUT2D eigenvalue weighted by molar-refractivity contribution is -0.240. The number of aromatic nitrogens is 1. The molecule has 0 amide bonds. The van der Waals surface area contributed by atoms with Gasteiger partial charge in [-0.05, 0) is 29.8 Å². The van der Waals surface area contributed by atoms with Crippen LogP contribution in [-0.4, -0.2) is 29.3 Å². The largest absolute Gasteiger partial charge is 0.481 e. The van der Waals surface area contributed by atoms with E-state index in [1.807, 2.05) is 36.4 Å². The second kappa shape index (κ2) is 8.12. The molecule has 158 valence electrons. The van der Waals surface area contributed by atoms with Crippen molar-refractivity contribution in [3.63, 3.8) is 0 Å². The van der Waals surface area contributed by atoms with Crippen molar-refractivity contribution < 1.29 is 23.8 Å². The molecule has 1 aromatic heterocycles. The minimum atomic E-state index is -1.32. The number of ether oxygens (including phenoxy) is 3. The summed E-state index contributed by atoms with van der Waals surface area (Å²) in [6.45, 7) is 3.10. The summed E-state index contributed by atoms with van der Waals surface area (Å²) in [6.07, 6.45) is 7.17. The van der Waals surface area contributed by atoms with Crippen LogP contribution in [-0.2, 0) is 19.1 Å². The smallest absolute Gasteiger partial charge is 0.324 e. The molecule has 0 spiro atoms.